The van der Waals surface area contributed by atoms with E-state index >= 15 is 0 Å². The minimum Gasteiger partial charge on any atom is -0.497 e. The molecule has 1 saturated heterocycles. The molecule has 0 bridgehead atoms. The van der Waals surface area contributed by atoms with Gasteiger partial charge in [-0.2, -0.15) is 5.10 Å². The third kappa shape index (κ3) is 3.22. The lowest BCUT2D eigenvalue weighted by Gasteiger charge is -2.31. The number of piperidine rings is 1. The molecule has 23 heavy (non-hydrogen) atoms. The molecule has 0 unspecified atom stereocenters. The van der Waals surface area contributed by atoms with Crippen molar-refractivity contribution in [1.82, 2.24) is 15.1 Å². The number of H-pyrrole nitrogens is 1. The lowest BCUT2D eigenvalue weighted by atomic mass is 9.96. The molecule has 0 atom stereocenters. The number of aromatic nitrogens is 2. The molecular weight excluding hydrogens is 292 g/mol. The van der Waals surface area contributed by atoms with E-state index in [2.05, 4.69) is 10.2 Å². The van der Waals surface area contributed by atoms with Crippen LogP contribution in [0.25, 0.3) is 11.3 Å². The average molecular weight is 314 g/mol. The Hall–Kier alpha value is -2.34. The van der Waals surface area contributed by atoms with E-state index in [1.54, 1.807) is 13.3 Å². The number of hydrogen-bond acceptors (Lipinski definition) is 4. The largest absolute Gasteiger partial charge is 0.497 e. The third-order valence-electron chi connectivity index (χ3n) is 4.48. The number of nitrogens with one attached hydrogen (secondary N) is 1. The number of rotatable bonds is 4. The minimum absolute atomic E-state index is 0.0278. The fraction of sp³-hybridized carbons (Fsp3) is 0.412. The second kappa shape index (κ2) is 6.83. The van der Waals surface area contributed by atoms with Gasteiger partial charge in [0.25, 0.3) is 5.91 Å². The Balaban J connectivity index is 1.78. The highest BCUT2D eigenvalue weighted by molar-refractivity contribution is 5.99. The van der Waals surface area contributed by atoms with E-state index in [0.717, 1.165) is 42.9 Å². The Morgan fingerprint density at radius 1 is 1.35 bits per heavy atom. The number of hydrogen-bond donors (Lipinski definition) is 2. The van der Waals surface area contributed by atoms with Crippen molar-refractivity contribution in [3.8, 4) is 17.0 Å². The van der Waals surface area contributed by atoms with Crippen molar-refractivity contribution in [2.75, 3.05) is 26.7 Å². The average Bonchev–Trinajstić information content (AvgIpc) is 3.11. The molecule has 3 rings (SSSR count). The molecule has 1 aliphatic heterocycles. The smallest absolute Gasteiger partial charge is 0.257 e. The van der Waals surface area contributed by atoms with Crippen LogP contribution in [-0.2, 0) is 0 Å². The highest BCUT2D eigenvalue weighted by Gasteiger charge is 2.25. The van der Waals surface area contributed by atoms with Crippen LogP contribution in [0.2, 0.25) is 0 Å². The van der Waals surface area contributed by atoms with E-state index in [9.17, 15) is 4.79 Å². The standard InChI is InChI=1S/C17H22N4O2/c1-23-14-4-2-13(3-5-14)16-15(11-19-20-16)17(22)21-8-6-12(10-18)7-9-21/h2-5,11-12H,6-10,18H2,1H3,(H,19,20). The third-order valence-corrected chi connectivity index (χ3v) is 4.48. The highest BCUT2D eigenvalue weighted by Crippen LogP contribution is 2.26. The molecule has 1 aromatic carbocycles. The van der Waals surface area contributed by atoms with Crippen LogP contribution in [0.5, 0.6) is 5.75 Å². The fourth-order valence-electron chi connectivity index (χ4n) is 2.97. The van der Waals surface area contributed by atoms with E-state index in [1.165, 1.54) is 0 Å². The molecular formula is C17H22N4O2. The molecule has 2 heterocycles. The number of methoxy groups -OCH3 is 1. The summed E-state index contributed by atoms with van der Waals surface area (Å²) >= 11 is 0. The molecule has 1 fully saturated rings. The Morgan fingerprint density at radius 3 is 2.65 bits per heavy atom. The normalized spacial score (nSPS) is 15.7. The second-order valence-corrected chi connectivity index (χ2v) is 5.86. The SMILES string of the molecule is COc1ccc(-c2[nH]ncc2C(=O)N2CCC(CN)CC2)cc1. The summed E-state index contributed by atoms with van der Waals surface area (Å²) in [5, 5.41) is 7.01. The number of nitrogens with zero attached hydrogens (tertiary/aromatic N) is 2. The van der Waals surface area contributed by atoms with E-state index in [1.807, 2.05) is 29.2 Å². The van der Waals surface area contributed by atoms with Gasteiger partial charge in [0, 0.05) is 18.7 Å². The van der Waals surface area contributed by atoms with Crippen molar-refractivity contribution >= 4 is 5.91 Å². The van der Waals surface area contributed by atoms with Gasteiger partial charge in [-0.15, -0.1) is 0 Å². The summed E-state index contributed by atoms with van der Waals surface area (Å²) in [6, 6.07) is 7.59. The van der Waals surface area contributed by atoms with E-state index in [0.29, 0.717) is 18.0 Å². The van der Waals surface area contributed by atoms with Crippen molar-refractivity contribution in [3.63, 3.8) is 0 Å². The molecule has 0 saturated carbocycles. The van der Waals surface area contributed by atoms with Crippen molar-refractivity contribution in [1.29, 1.82) is 0 Å². The Kier molecular flexibility index (Phi) is 4.62. The van der Waals surface area contributed by atoms with Crippen LogP contribution in [0.3, 0.4) is 0 Å². The van der Waals surface area contributed by atoms with Crippen molar-refractivity contribution in [3.05, 3.63) is 36.0 Å². The van der Waals surface area contributed by atoms with Crippen LogP contribution in [-0.4, -0.2) is 47.7 Å². The predicted molar refractivity (Wildman–Crippen MR) is 88.3 cm³/mol. The quantitative estimate of drug-likeness (QED) is 0.902. The van der Waals surface area contributed by atoms with Crippen LogP contribution in [0.15, 0.2) is 30.5 Å². The summed E-state index contributed by atoms with van der Waals surface area (Å²) in [6.45, 7) is 2.21. The van der Waals surface area contributed by atoms with Gasteiger partial charge in [-0.3, -0.25) is 9.89 Å². The van der Waals surface area contributed by atoms with Crippen LogP contribution in [0.4, 0.5) is 0 Å². The molecule has 0 radical (unpaired) electrons. The number of nitrogens with two attached hydrogens (primary N) is 1. The molecule has 1 aliphatic rings. The second-order valence-electron chi connectivity index (χ2n) is 5.86. The summed E-state index contributed by atoms with van der Waals surface area (Å²) < 4.78 is 5.17. The zero-order valence-electron chi connectivity index (χ0n) is 13.3. The number of carbonyl (C=O) groups is 1. The first-order valence-electron chi connectivity index (χ1n) is 7.90. The number of aromatic amines is 1. The maximum Gasteiger partial charge on any atom is 0.257 e. The molecule has 1 aromatic heterocycles. The number of benzene rings is 1. The molecule has 3 N–H and O–H groups in total. The summed E-state index contributed by atoms with van der Waals surface area (Å²) in [5.74, 6) is 1.34. The lowest BCUT2D eigenvalue weighted by molar-refractivity contribution is 0.0694. The molecule has 0 aliphatic carbocycles. The summed E-state index contributed by atoms with van der Waals surface area (Å²) in [5.41, 5.74) is 8.00. The van der Waals surface area contributed by atoms with E-state index < -0.39 is 0 Å². The van der Waals surface area contributed by atoms with Gasteiger partial charge in [0.15, 0.2) is 0 Å². The van der Waals surface area contributed by atoms with E-state index in [-0.39, 0.29) is 5.91 Å². The molecule has 2 aromatic rings. The van der Waals surface area contributed by atoms with Gasteiger partial charge < -0.3 is 15.4 Å². The number of amides is 1. The van der Waals surface area contributed by atoms with Crippen molar-refractivity contribution in [2.45, 2.75) is 12.8 Å². The predicted octanol–water partition coefficient (Wildman–Crippen LogP) is 1.90. The summed E-state index contributed by atoms with van der Waals surface area (Å²) in [6.07, 6.45) is 3.55. The fourth-order valence-corrected chi connectivity index (χ4v) is 2.97. The van der Waals surface area contributed by atoms with Gasteiger partial charge in [0.2, 0.25) is 0 Å². The monoisotopic (exact) mass is 314 g/mol. The van der Waals surface area contributed by atoms with Gasteiger partial charge in [-0.1, -0.05) is 0 Å². The summed E-state index contributed by atoms with van der Waals surface area (Å²) in [4.78, 5) is 14.7. The van der Waals surface area contributed by atoms with Gasteiger partial charge >= 0.3 is 0 Å². The first kappa shape index (κ1) is 15.6. The van der Waals surface area contributed by atoms with Crippen LogP contribution in [0, 0.1) is 5.92 Å². The number of carbonyl (C=O) groups excluding carboxylic acids is 1. The van der Waals surface area contributed by atoms with Crippen LogP contribution >= 0.6 is 0 Å². The number of likely N-dealkylation sites (tertiary alicyclic amines) is 1. The maximum absolute atomic E-state index is 12.8. The van der Waals surface area contributed by atoms with Gasteiger partial charge in [0.1, 0.15) is 5.75 Å². The topological polar surface area (TPSA) is 84.2 Å². The van der Waals surface area contributed by atoms with Crippen molar-refractivity contribution < 1.29 is 9.53 Å². The molecule has 6 nitrogen and oxygen atoms in total. The molecule has 0 spiro atoms. The highest BCUT2D eigenvalue weighted by atomic mass is 16.5. The zero-order valence-corrected chi connectivity index (χ0v) is 13.3. The Morgan fingerprint density at radius 2 is 2.04 bits per heavy atom. The van der Waals surface area contributed by atoms with Crippen LogP contribution < -0.4 is 10.5 Å². The Bertz CT molecular complexity index is 657. The first-order chi connectivity index (χ1) is 11.2. The zero-order chi connectivity index (χ0) is 16.2. The Labute approximate surface area is 135 Å². The minimum atomic E-state index is 0.0278. The molecule has 1 amide bonds. The van der Waals surface area contributed by atoms with Crippen LogP contribution in [0.1, 0.15) is 23.2 Å². The maximum atomic E-state index is 12.8. The van der Waals surface area contributed by atoms with E-state index in [4.69, 9.17) is 10.5 Å². The first-order valence-corrected chi connectivity index (χ1v) is 7.90. The molecule has 122 valence electrons. The summed E-state index contributed by atoms with van der Waals surface area (Å²) in [7, 11) is 1.63. The van der Waals surface area contributed by atoms with Gasteiger partial charge in [0.05, 0.1) is 24.6 Å². The number of ether oxygens (including phenoxy) is 1. The lowest BCUT2D eigenvalue weighted by Crippen LogP contribution is -2.40. The molecule has 6 heteroatoms. The van der Waals surface area contributed by atoms with Gasteiger partial charge in [-0.25, -0.2) is 0 Å². The van der Waals surface area contributed by atoms with Gasteiger partial charge in [-0.05, 0) is 49.6 Å². The van der Waals surface area contributed by atoms with Crippen molar-refractivity contribution in [2.24, 2.45) is 11.7 Å².